The maximum absolute atomic E-state index is 3.72. The molecule has 1 rings (SSSR count). The van der Waals surface area contributed by atoms with Crippen LogP contribution in [0.3, 0.4) is 0 Å². The SMILES string of the molecule is C[N-]C.[CH2-]c1ccccc1.[Tb]. The van der Waals surface area contributed by atoms with Crippen LogP contribution in [0, 0.1) is 45.5 Å². The third kappa shape index (κ3) is 10.3. The third-order valence-corrected chi connectivity index (χ3v) is 0.843. The first-order valence-corrected chi connectivity index (χ1v) is 3.16. The maximum atomic E-state index is 3.72. The van der Waals surface area contributed by atoms with Crippen LogP contribution >= 0.6 is 0 Å². The fourth-order valence-electron chi connectivity index (χ4n) is 0.478. The largest absolute Gasteiger partial charge is 0.668 e. The normalized spacial score (nSPS) is 7.09. The summed E-state index contributed by atoms with van der Waals surface area (Å²) in [5, 5.41) is 3.50. The molecule has 0 aromatic heterocycles. The molecular weight excluding hydrogens is 281 g/mol. The summed E-state index contributed by atoms with van der Waals surface area (Å²) in [5.41, 5.74) is 1.07. The quantitative estimate of drug-likeness (QED) is 0.653. The number of nitrogens with zero attached hydrogens (tertiary/aromatic N) is 1. The van der Waals surface area contributed by atoms with E-state index in [2.05, 4.69) is 12.2 Å². The molecule has 0 heterocycles. The van der Waals surface area contributed by atoms with Gasteiger partial charge in [0, 0.05) is 38.6 Å². The molecule has 11 heavy (non-hydrogen) atoms. The minimum absolute atomic E-state index is 0. The number of hydrogen-bond donors (Lipinski definition) is 0. The topological polar surface area (TPSA) is 14.1 Å². The van der Waals surface area contributed by atoms with Crippen LogP contribution < -0.4 is 0 Å². The van der Waals surface area contributed by atoms with Crippen LogP contribution in [-0.4, -0.2) is 14.1 Å². The summed E-state index contributed by atoms with van der Waals surface area (Å²) < 4.78 is 0. The summed E-state index contributed by atoms with van der Waals surface area (Å²) in [4.78, 5) is 0. The van der Waals surface area contributed by atoms with Crippen molar-refractivity contribution in [1.82, 2.24) is 0 Å². The van der Waals surface area contributed by atoms with Gasteiger partial charge in [-0.2, -0.15) is 38.7 Å². The van der Waals surface area contributed by atoms with Gasteiger partial charge < -0.3 is 5.32 Å². The van der Waals surface area contributed by atoms with E-state index >= 15 is 0 Å². The third-order valence-electron chi connectivity index (χ3n) is 0.843. The van der Waals surface area contributed by atoms with E-state index < -0.39 is 0 Å². The van der Waals surface area contributed by atoms with Gasteiger partial charge in [0.05, 0.1) is 0 Å². The molecule has 0 aliphatic heterocycles. The van der Waals surface area contributed by atoms with Gasteiger partial charge in [0.15, 0.2) is 0 Å². The minimum Gasteiger partial charge on any atom is -0.668 e. The molecule has 0 bridgehead atoms. The van der Waals surface area contributed by atoms with Crippen molar-refractivity contribution < 1.29 is 38.6 Å². The maximum Gasteiger partial charge on any atom is 0 e. The zero-order valence-corrected chi connectivity index (χ0v) is 9.01. The molecule has 1 aromatic rings. The van der Waals surface area contributed by atoms with Crippen LogP contribution in [0.1, 0.15) is 5.56 Å². The monoisotopic (exact) mass is 294 g/mol. The zero-order chi connectivity index (χ0) is 7.82. The molecule has 0 N–H and O–H groups in total. The molecule has 1 radical (unpaired) electrons. The van der Waals surface area contributed by atoms with E-state index in [-0.39, 0.29) is 38.6 Å². The van der Waals surface area contributed by atoms with Gasteiger partial charge >= 0.3 is 0 Å². The molecule has 65 valence electrons. The summed E-state index contributed by atoms with van der Waals surface area (Å²) in [6.45, 7) is 3.72. The molecule has 0 fully saturated rings. The average molecular weight is 294 g/mol. The van der Waals surface area contributed by atoms with E-state index in [1.165, 1.54) is 0 Å². The van der Waals surface area contributed by atoms with E-state index in [4.69, 9.17) is 0 Å². The van der Waals surface area contributed by atoms with Crippen molar-refractivity contribution in [2.24, 2.45) is 0 Å². The first kappa shape index (κ1) is 13.9. The Hall–Kier alpha value is 0.336. The number of hydrogen-bond acceptors (Lipinski definition) is 0. The van der Waals surface area contributed by atoms with E-state index in [1.54, 1.807) is 14.1 Å². The standard InChI is InChI=1S/C7H7.C2H6N.Tb/c1-7-5-3-2-4-6-7;1-3-2;/h2-6H,1H2;1-2H3;/q2*-1;. The predicted molar refractivity (Wildman–Crippen MR) is 46.1 cm³/mol. The summed E-state index contributed by atoms with van der Waals surface area (Å²) in [5.74, 6) is 0. The molecule has 0 unspecified atom stereocenters. The van der Waals surface area contributed by atoms with Crippen LogP contribution in [0.5, 0.6) is 0 Å². The molecule has 2 heteroatoms. The molecule has 1 nitrogen and oxygen atoms in total. The van der Waals surface area contributed by atoms with Crippen LogP contribution in [-0.2, 0) is 0 Å². The van der Waals surface area contributed by atoms with Crippen LogP contribution in [0.2, 0.25) is 0 Å². The second-order valence-corrected chi connectivity index (χ2v) is 1.93. The van der Waals surface area contributed by atoms with Gasteiger partial charge in [0.2, 0.25) is 0 Å². The van der Waals surface area contributed by atoms with Crippen LogP contribution in [0.15, 0.2) is 30.3 Å². The summed E-state index contributed by atoms with van der Waals surface area (Å²) >= 11 is 0. The molecule has 0 spiro atoms. The Kier molecular flexibility index (Phi) is 13.1. The molecule has 0 saturated carbocycles. The van der Waals surface area contributed by atoms with Crippen molar-refractivity contribution in [3.05, 3.63) is 48.1 Å². The number of rotatable bonds is 0. The summed E-state index contributed by atoms with van der Waals surface area (Å²) in [7, 11) is 3.50. The molecule has 0 amide bonds. The molecule has 0 aliphatic rings. The van der Waals surface area contributed by atoms with Crippen molar-refractivity contribution in [3.8, 4) is 0 Å². The number of benzene rings is 1. The van der Waals surface area contributed by atoms with Gasteiger partial charge in [-0.15, -0.1) is 12.1 Å². The first-order valence-electron chi connectivity index (χ1n) is 3.16. The van der Waals surface area contributed by atoms with Gasteiger partial charge in [-0.25, -0.2) is 0 Å². The Bertz CT molecular complexity index is 151. The fourth-order valence-corrected chi connectivity index (χ4v) is 0.478. The van der Waals surface area contributed by atoms with E-state index in [0.717, 1.165) is 5.56 Å². The molecular formula is C9H13NTb-2. The van der Waals surface area contributed by atoms with Crippen molar-refractivity contribution in [3.63, 3.8) is 0 Å². The molecule has 0 aliphatic carbocycles. The van der Waals surface area contributed by atoms with E-state index in [9.17, 15) is 0 Å². The van der Waals surface area contributed by atoms with Gasteiger partial charge in [0.25, 0.3) is 0 Å². The van der Waals surface area contributed by atoms with Crippen LogP contribution in [0.25, 0.3) is 5.32 Å². The van der Waals surface area contributed by atoms with Crippen molar-refractivity contribution >= 4 is 0 Å². The van der Waals surface area contributed by atoms with Crippen molar-refractivity contribution in [2.75, 3.05) is 14.1 Å². The second kappa shape index (κ2) is 10.3. The smallest absolute Gasteiger partial charge is 0 e. The van der Waals surface area contributed by atoms with Crippen molar-refractivity contribution in [2.45, 2.75) is 0 Å². The molecule has 1 aromatic carbocycles. The minimum atomic E-state index is 0. The summed E-state index contributed by atoms with van der Waals surface area (Å²) in [6, 6.07) is 9.87. The predicted octanol–water partition coefficient (Wildman–Crippen LogP) is 2.49. The Morgan fingerprint density at radius 3 is 1.64 bits per heavy atom. The second-order valence-electron chi connectivity index (χ2n) is 1.93. The zero-order valence-electron chi connectivity index (χ0n) is 6.87. The fraction of sp³-hybridized carbons (Fsp3) is 0.222. The average Bonchev–Trinajstić information content (AvgIpc) is 1.91. The van der Waals surface area contributed by atoms with E-state index in [1.807, 2.05) is 30.3 Å². The van der Waals surface area contributed by atoms with E-state index in [0.29, 0.717) is 0 Å². The Morgan fingerprint density at radius 2 is 1.45 bits per heavy atom. The summed E-state index contributed by atoms with van der Waals surface area (Å²) in [6.07, 6.45) is 0. The van der Waals surface area contributed by atoms with Crippen LogP contribution in [0.4, 0.5) is 0 Å². The molecule has 0 atom stereocenters. The van der Waals surface area contributed by atoms with Gasteiger partial charge in [0.1, 0.15) is 0 Å². The van der Waals surface area contributed by atoms with Gasteiger partial charge in [-0.3, -0.25) is 0 Å². The Morgan fingerprint density at radius 1 is 1.09 bits per heavy atom. The Balaban J connectivity index is 0. The Labute approximate surface area is 100 Å². The molecule has 0 saturated heterocycles. The van der Waals surface area contributed by atoms with Gasteiger partial charge in [-0.05, 0) is 0 Å². The van der Waals surface area contributed by atoms with Gasteiger partial charge in [-0.1, -0.05) is 6.07 Å². The van der Waals surface area contributed by atoms with Crippen molar-refractivity contribution in [1.29, 1.82) is 0 Å². The first-order chi connectivity index (χ1) is 4.81.